The summed E-state index contributed by atoms with van der Waals surface area (Å²) < 4.78 is 6.23. The van der Waals surface area contributed by atoms with Crippen LogP contribution in [0.5, 0.6) is 0 Å². The van der Waals surface area contributed by atoms with E-state index in [1.165, 1.54) is 32.7 Å². The van der Waals surface area contributed by atoms with Crippen molar-refractivity contribution in [1.82, 2.24) is 4.90 Å². The molecular weight excluding hydrogens is 320 g/mol. The predicted molar refractivity (Wildman–Crippen MR) is 96.0 cm³/mol. The minimum Gasteiger partial charge on any atom is -0.483 e. The third-order valence-electron chi connectivity index (χ3n) is 6.44. The Kier molecular flexibility index (Phi) is 6.15. The van der Waals surface area contributed by atoms with Crippen molar-refractivity contribution in [3.63, 3.8) is 0 Å². The molecule has 4 rings (SSSR count). The van der Waals surface area contributed by atoms with E-state index in [9.17, 15) is 4.79 Å². The third-order valence-corrected chi connectivity index (χ3v) is 6.44. The molecule has 3 N–H and O–H groups in total. The van der Waals surface area contributed by atoms with Crippen molar-refractivity contribution >= 4 is 12.4 Å². The molecule has 1 amide bonds. The van der Waals surface area contributed by atoms with Gasteiger partial charge in [0.2, 0.25) is 5.91 Å². The van der Waals surface area contributed by atoms with E-state index < -0.39 is 0 Å². The second kappa shape index (κ2) is 7.62. The van der Waals surface area contributed by atoms with Gasteiger partial charge in [-0.05, 0) is 62.8 Å². The van der Waals surface area contributed by atoms with Gasteiger partial charge >= 0.3 is 0 Å². The van der Waals surface area contributed by atoms with Gasteiger partial charge in [-0.25, -0.2) is 0 Å². The normalized spacial score (nSPS) is 30.7. The number of nitrogens with two attached hydrogens (primary N) is 1. The van der Waals surface area contributed by atoms with Gasteiger partial charge in [0.25, 0.3) is 6.47 Å². The molecule has 6 nitrogen and oxygen atoms in total. The molecule has 6 heteroatoms. The second-order valence-electron chi connectivity index (χ2n) is 8.41. The Bertz CT molecular complexity index is 472. The number of fused-ring (bicyclic) bond motifs is 1. The summed E-state index contributed by atoms with van der Waals surface area (Å²) in [5.74, 6) is 2.63. The number of likely N-dealkylation sites (tertiary alicyclic amines) is 1. The summed E-state index contributed by atoms with van der Waals surface area (Å²) in [6.45, 7) is 8.47. The number of nitrogens with zero attached hydrogens (tertiary/aromatic N) is 1. The van der Waals surface area contributed by atoms with Gasteiger partial charge in [0.05, 0.1) is 18.1 Å². The molecule has 1 heterocycles. The molecule has 144 valence electrons. The lowest BCUT2D eigenvalue weighted by Crippen LogP contribution is -2.36. The van der Waals surface area contributed by atoms with Crippen LogP contribution in [-0.4, -0.2) is 54.2 Å². The summed E-state index contributed by atoms with van der Waals surface area (Å²) in [6.07, 6.45) is 5.79. The van der Waals surface area contributed by atoms with Crippen molar-refractivity contribution in [3.8, 4) is 0 Å². The molecule has 2 unspecified atom stereocenters. The predicted octanol–water partition coefficient (Wildman–Crippen LogP) is 2.11. The van der Waals surface area contributed by atoms with Crippen LogP contribution in [-0.2, 0) is 14.3 Å². The fraction of sp³-hybridized carbons (Fsp3) is 0.895. The van der Waals surface area contributed by atoms with Crippen LogP contribution < -0.4 is 5.73 Å². The quantitative estimate of drug-likeness (QED) is 0.738. The van der Waals surface area contributed by atoms with Crippen LogP contribution in [0.4, 0.5) is 0 Å². The van der Waals surface area contributed by atoms with Gasteiger partial charge < -0.3 is 20.5 Å². The molecule has 0 bridgehead atoms. The van der Waals surface area contributed by atoms with Gasteiger partial charge in [-0.15, -0.1) is 0 Å². The number of carbonyl (C=O) groups is 2. The molecule has 1 saturated heterocycles. The number of carbonyl (C=O) groups excluding carboxylic acids is 1. The van der Waals surface area contributed by atoms with Gasteiger partial charge in [0.15, 0.2) is 0 Å². The Morgan fingerprint density at radius 1 is 1.28 bits per heavy atom. The topological polar surface area (TPSA) is 92.9 Å². The van der Waals surface area contributed by atoms with Crippen LogP contribution in [0.3, 0.4) is 0 Å². The number of piperidine rings is 1. The highest BCUT2D eigenvalue weighted by Gasteiger charge is 2.62. The molecule has 0 aromatic heterocycles. The van der Waals surface area contributed by atoms with E-state index >= 15 is 0 Å². The van der Waals surface area contributed by atoms with Gasteiger partial charge in [0.1, 0.15) is 0 Å². The van der Waals surface area contributed by atoms with Gasteiger partial charge in [-0.1, -0.05) is 13.8 Å². The van der Waals surface area contributed by atoms with Crippen LogP contribution in [0, 0.1) is 23.2 Å². The second-order valence-corrected chi connectivity index (χ2v) is 8.41. The van der Waals surface area contributed by atoms with Gasteiger partial charge in [0, 0.05) is 13.1 Å². The van der Waals surface area contributed by atoms with E-state index in [0.717, 1.165) is 30.8 Å². The van der Waals surface area contributed by atoms with Gasteiger partial charge in [-0.2, -0.15) is 0 Å². The van der Waals surface area contributed by atoms with Gasteiger partial charge in [-0.3, -0.25) is 9.59 Å². The number of carboxylic acid groups (broad SMARTS) is 1. The number of rotatable bonds is 5. The van der Waals surface area contributed by atoms with E-state index in [-0.39, 0.29) is 18.2 Å². The first kappa shape index (κ1) is 20.2. The van der Waals surface area contributed by atoms with Crippen molar-refractivity contribution in [1.29, 1.82) is 0 Å². The lowest BCUT2D eigenvalue weighted by atomic mass is 10.1. The van der Waals surface area contributed by atoms with E-state index in [2.05, 4.69) is 31.4 Å². The monoisotopic (exact) mass is 354 g/mol. The summed E-state index contributed by atoms with van der Waals surface area (Å²) in [5.41, 5.74) is 5.18. The highest BCUT2D eigenvalue weighted by molar-refractivity contribution is 5.77. The maximum absolute atomic E-state index is 12.4. The Hall–Kier alpha value is -1.14. The Morgan fingerprint density at radius 2 is 1.76 bits per heavy atom. The maximum Gasteiger partial charge on any atom is 0.290 e. The molecule has 3 saturated carbocycles. The fourth-order valence-electron chi connectivity index (χ4n) is 4.51. The molecule has 4 aliphatic rings. The molecule has 0 radical (unpaired) electrons. The minimum absolute atomic E-state index is 0.0931. The van der Waals surface area contributed by atoms with Crippen molar-refractivity contribution < 1.29 is 19.4 Å². The van der Waals surface area contributed by atoms with Crippen molar-refractivity contribution in [2.75, 3.05) is 20.1 Å². The summed E-state index contributed by atoms with van der Waals surface area (Å²) in [4.78, 5) is 22.8. The lowest BCUT2D eigenvalue weighted by molar-refractivity contribution is -0.135. The molecule has 3 atom stereocenters. The summed E-state index contributed by atoms with van der Waals surface area (Å²) in [6, 6.07) is 0. The molecular formula is C19H34N2O4. The van der Waals surface area contributed by atoms with Crippen LogP contribution in [0.15, 0.2) is 0 Å². The molecule has 3 aliphatic carbocycles. The largest absolute Gasteiger partial charge is 0.483 e. The van der Waals surface area contributed by atoms with Crippen LogP contribution in [0.2, 0.25) is 0 Å². The standard InChI is InChI=1S/C17H27NO2.CH5N.CH2O2/c1-11(20-17(6-7-17)12-4-5-12)8-15(19)18-9-13-14(10-18)16(13,2)3;1-2;2-1-3/h11-14H,4-10H2,1-3H3;2H2,1H3;1H,(H,2,3)/t11-,13?,14?;;/m1../s1. The minimum atomic E-state index is -0.250. The van der Waals surface area contributed by atoms with E-state index in [1.54, 1.807) is 0 Å². The van der Waals surface area contributed by atoms with E-state index in [4.69, 9.17) is 14.6 Å². The summed E-state index contributed by atoms with van der Waals surface area (Å²) in [5, 5.41) is 6.89. The molecule has 4 fully saturated rings. The average molecular weight is 354 g/mol. The maximum atomic E-state index is 12.4. The Labute approximate surface area is 151 Å². The molecule has 0 spiro atoms. The lowest BCUT2D eigenvalue weighted by Gasteiger charge is -2.26. The average Bonchev–Trinajstić information content (AvgIpc) is 3.49. The van der Waals surface area contributed by atoms with E-state index in [1.807, 2.05) is 0 Å². The Balaban J connectivity index is 0.000000410. The molecule has 0 aromatic carbocycles. The molecule has 25 heavy (non-hydrogen) atoms. The smallest absolute Gasteiger partial charge is 0.290 e. The van der Waals surface area contributed by atoms with Crippen molar-refractivity contribution in [2.24, 2.45) is 28.9 Å². The third kappa shape index (κ3) is 4.34. The molecule has 0 aromatic rings. The highest BCUT2D eigenvalue weighted by Crippen LogP contribution is 2.62. The highest BCUT2D eigenvalue weighted by atomic mass is 16.5. The SMILES string of the molecule is CN.C[C@H](CC(=O)N1CC2C(C1)C2(C)C)OC1(C2CC2)CC1.O=CO. The first-order valence-electron chi connectivity index (χ1n) is 9.45. The zero-order valence-electron chi connectivity index (χ0n) is 16.0. The Morgan fingerprint density at radius 3 is 2.16 bits per heavy atom. The zero-order valence-corrected chi connectivity index (χ0v) is 16.0. The van der Waals surface area contributed by atoms with Crippen molar-refractivity contribution in [2.45, 2.75) is 64.6 Å². The van der Waals surface area contributed by atoms with E-state index in [0.29, 0.717) is 17.7 Å². The first-order valence-corrected chi connectivity index (χ1v) is 9.45. The van der Waals surface area contributed by atoms with Crippen molar-refractivity contribution in [3.05, 3.63) is 0 Å². The zero-order chi connectivity index (χ0) is 18.8. The summed E-state index contributed by atoms with van der Waals surface area (Å²) in [7, 11) is 1.50. The first-order chi connectivity index (χ1) is 11.8. The van der Waals surface area contributed by atoms with Crippen LogP contribution >= 0.6 is 0 Å². The van der Waals surface area contributed by atoms with Crippen LogP contribution in [0.25, 0.3) is 0 Å². The molecule has 1 aliphatic heterocycles. The fourth-order valence-corrected chi connectivity index (χ4v) is 4.51. The summed E-state index contributed by atoms with van der Waals surface area (Å²) >= 11 is 0. The number of amides is 1. The number of hydrogen-bond acceptors (Lipinski definition) is 4. The number of ether oxygens (including phenoxy) is 1. The van der Waals surface area contributed by atoms with Crippen LogP contribution in [0.1, 0.15) is 52.9 Å². The number of hydrogen-bond donors (Lipinski definition) is 2.